The number of rotatable bonds is 1. The Morgan fingerprint density at radius 1 is 1.64 bits per heavy atom. The largest absolute Gasteiger partial charge is 0.363 e. The second-order valence-corrected chi connectivity index (χ2v) is 2.15. The van der Waals surface area contributed by atoms with Gasteiger partial charge in [0.25, 0.3) is 5.79 Å². The van der Waals surface area contributed by atoms with Crippen LogP contribution in [0.4, 0.5) is 0 Å². The van der Waals surface area contributed by atoms with Crippen LogP contribution >= 0.6 is 0 Å². The van der Waals surface area contributed by atoms with Crippen molar-refractivity contribution >= 4 is 5.78 Å². The van der Waals surface area contributed by atoms with Gasteiger partial charge in [-0.3, -0.25) is 4.79 Å². The zero-order valence-corrected chi connectivity index (χ0v) is 5.60. The molecular formula is C6H8O5. The summed E-state index contributed by atoms with van der Waals surface area (Å²) in [6.45, 7) is -0.0140. The van der Waals surface area contributed by atoms with E-state index in [0.717, 1.165) is 6.08 Å². The number of hydrogen-bond donors (Lipinski definition) is 3. The van der Waals surface area contributed by atoms with E-state index in [9.17, 15) is 4.79 Å². The summed E-state index contributed by atoms with van der Waals surface area (Å²) >= 11 is 0. The molecule has 0 radical (unpaired) electrons. The second kappa shape index (κ2) is 2.71. The lowest BCUT2D eigenvalue weighted by Gasteiger charge is -2.28. The van der Waals surface area contributed by atoms with E-state index >= 15 is 0 Å². The molecule has 0 aliphatic carbocycles. The standard InChI is InChI=1S/C6H8O5/c7-4-2-1-3-11-6(4,10)5(8)9/h1-2,5,8-10H,3H2/t6-/m0/s1. The van der Waals surface area contributed by atoms with Crippen LogP contribution in [0, 0.1) is 0 Å². The third-order valence-corrected chi connectivity index (χ3v) is 1.37. The van der Waals surface area contributed by atoms with Gasteiger partial charge in [0.05, 0.1) is 6.61 Å². The van der Waals surface area contributed by atoms with Crippen molar-refractivity contribution in [2.24, 2.45) is 0 Å². The predicted octanol–water partition coefficient (Wildman–Crippen LogP) is -1.86. The molecule has 0 bridgehead atoms. The summed E-state index contributed by atoms with van der Waals surface area (Å²) in [4.78, 5) is 10.8. The van der Waals surface area contributed by atoms with E-state index in [1.165, 1.54) is 6.08 Å². The molecule has 1 rings (SSSR count). The number of ketones is 1. The summed E-state index contributed by atoms with van der Waals surface area (Å²) in [7, 11) is 0. The van der Waals surface area contributed by atoms with Crippen molar-refractivity contribution in [2.45, 2.75) is 12.1 Å². The molecule has 5 nitrogen and oxygen atoms in total. The van der Waals surface area contributed by atoms with Crippen LogP contribution in [0.25, 0.3) is 0 Å². The van der Waals surface area contributed by atoms with Crippen molar-refractivity contribution in [1.29, 1.82) is 0 Å². The number of ether oxygens (including phenoxy) is 1. The van der Waals surface area contributed by atoms with Crippen molar-refractivity contribution in [2.75, 3.05) is 6.61 Å². The quantitative estimate of drug-likeness (QED) is 0.391. The average molecular weight is 160 g/mol. The number of aliphatic hydroxyl groups is 3. The predicted molar refractivity (Wildman–Crippen MR) is 33.3 cm³/mol. The minimum Gasteiger partial charge on any atom is -0.363 e. The molecule has 0 aromatic carbocycles. The summed E-state index contributed by atoms with van der Waals surface area (Å²) in [6, 6.07) is 0. The maximum absolute atomic E-state index is 10.8. The first-order valence-electron chi connectivity index (χ1n) is 3.01. The van der Waals surface area contributed by atoms with Gasteiger partial charge in [-0.2, -0.15) is 0 Å². The molecule has 3 N–H and O–H groups in total. The van der Waals surface area contributed by atoms with Crippen molar-refractivity contribution in [3.05, 3.63) is 12.2 Å². The summed E-state index contributed by atoms with van der Waals surface area (Å²) in [5.74, 6) is -3.34. The minimum atomic E-state index is -2.48. The number of hydrogen-bond acceptors (Lipinski definition) is 5. The number of carbonyl (C=O) groups is 1. The second-order valence-electron chi connectivity index (χ2n) is 2.15. The summed E-state index contributed by atoms with van der Waals surface area (Å²) in [5, 5.41) is 26.2. The number of aliphatic hydroxyl groups excluding tert-OH is 1. The van der Waals surface area contributed by atoms with Crippen LogP contribution in [0.2, 0.25) is 0 Å². The van der Waals surface area contributed by atoms with Gasteiger partial charge in [-0.1, -0.05) is 6.08 Å². The Balaban J connectivity index is 2.85. The lowest BCUT2D eigenvalue weighted by Crippen LogP contribution is -2.52. The zero-order valence-electron chi connectivity index (χ0n) is 5.60. The molecule has 1 heterocycles. The van der Waals surface area contributed by atoms with E-state index in [-0.39, 0.29) is 6.61 Å². The third kappa shape index (κ3) is 1.31. The van der Waals surface area contributed by atoms with Gasteiger partial charge in [0, 0.05) is 0 Å². The number of carbonyl (C=O) groups excluding carboxylic acids is 1. The van der Waals surface area contributed by atoms with Gasteiger partial charge in [0.2, 0.25) is 12.1 Å². The first-order valence-corrected chi connectivity index (χ1v) is 3.01. The SMILES string of the molecule is O=C1C=CCO[C@]1(O)C(O)O. The van der Waals surface area contributed by atoms with Crippen LogP contribution in [0.15, 0.2) is 12.2 Å². The summed E-state index contributed by atoms with van der Waals surface area (Å²) in [5.41, 5.74) is 0. The van der Waals surface area contributed by atoms with Gasteiger partial charge in [0.1, 0.15) is 0 Å². The van der Waals surface area contributed by atoms with Crippen LogP contribution in [-0.2, 0) is 9.53 Å². The van der Waals surface area contributed by atoms with E-state index in [1.54, 1.807) is 0 Å². The smallest absolute Gasteiger partial charge is 0.283 e. The van der Waals surface area contributed by atoms with Crippen LogP contribution in [0.3, 0.4) is 0 Å². The van der Waals surface area contributed by atoms with E-state index in [4.69, 9.17) is 15.3 Å². The molecule has 0 fully saturated rings. The van der Waals surface area contributed by atoms with Gasteiger partial charge < -0.3 is 20.1 Å². The third-order valence-electron chi connectivity index (χ3n) is 1.37. The topological polar surface area (TPSA) is 87.0 Å². The Labute approximate surface area is 62.5 Å². The Morgan fingerprint density at radius 2 is 2.27 bits per heavy atom. The molecule has 62 valence electrons. The average Bonchev–Trinajstić information content (AvgIpc) is 1.95. The van der Waals surface area contributed by atoms with E-state index in [2.05, 4.69) is 4.74 Å². The molecule has 0 unspecified atom stereocenters. The highest BCUT2D eigenvalue weighted by molar-refractivity contribution is 5.96. The van der Waals surface area contributed by atoms with Crippen molar-refractivity contribution in [3.63, 3.8) is 0 Å². The normalized spacial score (nSPS) is 31.5. The lowest BCUT2D eigenvalue weighted by atomic mass is 10.1. The van der Waals surface area contributed by atoms with Crippen molar-refractivity contribution in [1.82, 2.24) is 0 Å². The molecule has 0 aromatic heterocycles. The maximum Gasteiger partial charge on any atom is 0.283 e. The lowest BCUT2D eigenvalue weighted by molar-refractivity contribution is -0.288. The van der Waals surface area contributed by atoms with Gasteiger partial charge in [-0.25, -0.2) is 0 Å². The van der Waals surface area contributed by atoms with Gasteiger partial charge in [-0.15, -0.1) is 0 Å². The molecule has 0 spiro atoms. The first-order chi connectivity index (χ1) is 5.07. The molecule has 0 amide bonds. The van der Waals surface area contributed by atoms with Crippen LogP contribution in [-0.4, -0.2) is 39.8 Å². The van der Waals surface area contributed by atoms with E-state index in [0.29, 0.717) is 0 Å². The molecule has 1 aliphatic heterocycles. The minimum absolute atomic E-state index is 0.0140. The monoisotopic (exact) mass is 160 g/mol. The summed E-state index contributed by atoms with van der Waals surface area (Å²) in [6.07, 6.45) is 0.210. The molecular weight excluding hydrogens is 152 g/mol. The van der Waals surface area contributed by atoms with E-state index in [1.807, 2.05) is 0 Å². The highest BCUT2D eigenvalue weighted by atomic mass is 16.7. The molecule has 11 heavy (non-hydrogen) atoms. The van der Waals surface area contributed by atoms with E-state index < -0.39 is 17.9 Å². The fourth-order valence-corrected chi connectivity index (χ4v) is 0.723. The fraction of sp³-hybridized carbons (Fsp3) is 0.500. The molecule has 0 saturated carbocycles. The summed E-state index contributed by atoms with van der Waals surface area (Å²) < 4.78 is 4.46. The Hall–Kier alpha value is -0.750. The van der Waals surface area contributed by atoms with Gasteiger partial charge in [-0.05, 0) is 6.08 Å². The molecule has 1 aliphatic rings. The van der Waals surface area contributed by atoms with Crippen LogP contribution in [0.5, 0.6) is 0 Å². The highest BCUT2D eigenvalue weighted by Gasteiger charge is 2.43. The Morgan fingerprint density at radius 3 is 2.64 bits per heavy atom. The zero-order chi connectivity index (χ0) is 8.48. The van der Waals surface area contributed by atoms with Crippen LogP contribution < -0.4 is 0 Å². The van der Waals surface area contributed by atoms with Crippen molar-refractivity contribution < 1.29 is 24.9 Å². The molecule has 5 heteroatoms. The van der Waals surface area contributed by atoms with Gasteiger partial charge in [0.15, 0.2) is 0 Å². The molecule has 0 saturated heterocycles. The maximum atomic E-state index is 10.8. The van der Waals surface area contributed by atoms with Crippen molar-refractivity contribution in [3.8, 4) is 0 Å². The first kappa shape index (κ1) is 8.35. The molecule has 1 atom stereocenters. The Bertz CT molecular complexity index is 197. The van der Waals surface area contributed by atoms with Gasteiger partial charge >= 0.3 is 0 Å². The molecule has 0 aromatic rings. The van der Waals surface area contributed by atoms with Crippen LogP contribution in [0.1, 0.15) is 0 Å². The Kier molecular flexibility index (Phi) is 2.05. The highest BCUT2D eigenvalue weighted by Crippen LogP contribution is 2.16. The fourth-order valence-electron chi connectivity index (χ4n) is 0.723.